The SMILES string of the molecule is CCCCOc1cccc(N=C=O)c1N=C=O. The van der Waals surface area contributed by atoms with E-state index in [1.165, 1.54) is 12.2 Å². The van der Waals surface area contributed by atoms with Crippen LogP contribution in [0.3, 0.4) is 0 Å². The minimum absolute atomic E-state index is 0.210. The van der Waals surface area contributed by atoms with Gasteiger partial charge < -0.3 is 4.74 Å². The van der Waals surface area contributed by atoms with Crippen molar-refractivity contribution in [2.45, 2.75) is 19.8 Å². The maximum atomic E-state index is 10.3. The van der Waals surface area contributed by atoms with E-state index in [0.717, 1.165) is 12.8 Å². The van der Waals surface area contributed by atoms with Crippen LogP contribution in [-0.2, 0) is 9.59 Å². The van der Waals surface area contributed by atoms with Crippen LogP contribution >= 0.6 is 0 Å². The van der Waals surface area contributed by atoms with Crippen LogP contribution in [0.1, 0.15) is 19.8 Å². The minimum Gasteiger partial charge on any atom is -0.491 e. The van der Waals surface area contributed by atoms with E-state index in [4.69, 9.17) is 4.74 Å². The van der Waals surface area contributed by atoms with Crippen molar-refractivity contribution >= 4 is 23.5 Å². The third-order valence-electron chi connectivity index (χ3n) is 2.06. The molecule has 0 unspecified atom stereocenters. The van der Waals surface area contributed by atoms with Crippen LogP contribution in [-0.4, -0.2) is 18.8 Å². The van der Waals surface area contributed by atoms with Gasteiger partial charge in [0.05, 0.1) is 6.61 Å². The molecule has 0 saturated carbocycles. The third kappa shape index (κ3) is 3.68. The molecule has 1 rings (SSSR count). The van der Waals surface area contributed by atoms with E-state index in [2.05, 4.69) is 9.98 Å². The van der Waals surface area contributed by atoms with Crippen molar-refractivity contribution in [2.24, 2.45) is 9.98 Å². The van der Waals surface area contributed by atoms with Gasteiger partial charge in [0.25, 0.3) is 0 Å². The molecule has 0 fully saturated rings. The summed E-state index contributed by atoms with van der Waals surface area (Å²) in [5.74, 6) is 0.415. The second-order valence-corrected chi connectivity index (χ2v) is 3.23. The molecular formula is C12H12N2O3. The molecule has 5 heteroatoms. The van der Waals surface area contributed by atoms with Crippen molar-refractivity contribution < 1.29 is 14.3 Å². The number of rotatable bonds is 6. The Labute approximate surface area is 98.8 Å². The van der Waals surface area contributed by atoms with E-state index >= 15 is 0 Å². The molecule has 0 spiro atoms. The highest BCUT2D eigenvalue weighted by atomic mass is 16.5. The Morgan fingerprint density at radius 2 is 2.00 bits per heavy atom. The Morgan fingerprint density at radius 1 is 1.24 bits per heavy atom. The molecule has 0 amide bonds. The summed E-state index contributed by atoms with van der Waals surface area (Å²) >= 11 is 0. The van der Waals surface area contributed by atoms with Gasteiger partial charge in [-0.1, -0.05) is 19.4 Å². The number of nitrogens with zero attached hydrogens (tertiary/aromatic N) is 2. The molecule has 0 N–H and O–H groups in total. The van der Waals surface area contributed by atoms with Gasteiger partial charge in [0, 0.05) is 0 Å². The fraction of sp³-hybridized carbons (Fsp3) is 0.333. The fourth-order valence-corrected chi connectivity index (χ4v) is 1.25. The van der Waals surface area contributed by atoms with E-state index in [0.29, 0.717) is 12.4 Å². The molecule has 0 aromatic heterocycles. The summed E-state index contributed by atoms with van der Waals surface area (Å²) < 4.78 is 5.45. The van der Waals surface area contributed by atoms with Crippen LogP contribution < -0.4 is 4.74 Å². The number of hydrogen-bond acceptors (Lipinski definition) is 5. The standard InChI is InChI=1S/C12H12N2O3/c1-2-3-7-17-11-6-4-5-10(13-8-15)12(11)14-9-16/h4-6H,2-3,7H2,1H3. The first-order valence-electron chi connectivity index (χ1n) is 5.25. The van der Waals surface area contributed by atoms with Crippen molar-refractivity contribution in [2.75, 3.05) is 6.61 Å². The van der Waals surface area contributed by atoms with Gasteiger partial charge >= 0.3 is 0 Å². The molecule has 17 heavy (non-hydrogen) atoms. The van der Waals surface area contributed by atoms with Crippen molar-refractivity contribution in [3.05, 3.63) is 18.2 Å². The Kier molecular flexibility index (Phi) is 5.38. The Bertz CT molecular complexity index is 473. The van der Waals surface area contributed by atoms with Crippen LogP contribution in [0, 0.1) is 0 Å². The highest BCUT2D eigenvalue weighted by Crippen LogP contribution is 2.36. The normalized spacial score (nSPS) is 9.00. The van der Waals surface area contributed by atoms with Crippen LogP contribution in [0.4, 0.5) is 11.4 Å². The first-order chi connectivity index (χ1) is 8.33. The molecule has 5 nitrogen and oxygen atoms in total. The lowest BCUT2D eigenvalue weighted by Crippen LogP contribution is -1.96. The average Bonchev–Trinajstić information content (AvgIpc) is 2.33. The number of carbonyl (C=O) groups excluding carboxylic acids is 2. The smallest absolute Gasteiger partial charge is 0.240 e. The molecule has 0 saturated heterocycles. The minimum atomic E-state index is 0.210. The van der Waals surface area contributed by atoms with Gasteiger partial charge in [-0.2, -0.15) is 9.98 Å². The number of hydrogen-bond donors (Lipinski definition) is 0. The topological polar surface area (TPSA) is 68.1 Å². The van der Waals surface area contributed by atoms with Gasteiger partial charge in [-0.25, -0.2) is 9.59 Å². The van der Waals surface area contributed by atoms with Gasteiger partial charge in [0.1, 0.15) is 17.1 Å². The Morgan fingerprint density at radius 3 is 2.65 bits per heavy atom. The molecule has 0 aliphatic rings. The fourth-order valence-electron chi connectivity index (χ4n) is 1.25. The molecule has 0 heterocycles. The van der Waals surface area contributed by atoms with Crippen LogP contribution in [0.25, 0.3) is 0 Å². The maximum Gasteiger partial charge on any atom is 0.240 e. The summed E-state index contributed by atoms with van der Waals surface area (Å²) in [5, 5.41) is 0. The molecular weight excluding hydrogens is 220 g/mol. The Hall–Kier alpha value is -2.22. The zero-order valence-corrected chi connectivity index (χ0v) is 9.47. The number of isocyanates is 2. The lowest BCUT2D eigenvalue weighted by molar-refractivity contribution is 0.310. The zero-order chi connectivity index (χ0) is 12.5. The monoisotopic (exact) mass is 232 g/mol. The number of benzene rings is 1. The van der Waals surface area contributed by atoms with Gasteiger partial charge in [-0.15, -0.1) is 0 Å². The summed E-state index contributed by atoms with van der Waals surface area (Å²) in [5.41, 5.74) is 0.458. The van der Waals surface area contributed by atoms with Gasteiger partial charge in [0.2, 0.25) is 12.2 Å². The number of para-hydroxylation sites is 1. The van der Waals surface area contributed by atoms with Crippen molar-refractivity contribution in [1.82, 2.24) is 0 Å². The highest BCUT2D eigenvalue weighted by molar-refractivity contribution is 5.74. The molecule has 0 bridgehead atoms. The molecule has 88 valence electrons. The summed E-state index contributed by atoms with van der Waals surface area (Å²) in [6, 6.07) is 4.88. The molecule has 1 aromatic rings. The van der Waals surface area contributed by atoms with Crippen molar-refractivity contribution in [3.63, 3.8) is 0 Å². The second-order valence-electron chi connectivity index (χ2n) is 3.23. The summed E-state index contributed by atoms with van der Waals surface area (Å²) in [7, 11) is 0. The van der Waals surface area contributed by atoms with E-state index in [1.54, 1.807) is 18.2 Å². The predicted octanol–water partition coefficient (Wildman–Crippen LogP) is 2.80. The van der Waals surface area contributed by atoms with Crippen molar-refractivity contribution in [1.29, 1.82) is 0 Å². The predicted molar refractivity (Wildman–Crippen MR) is 62.4 cm³/mol. The lowest BCUT2D eigenvalue weighted by atomic mass is 10.2. The second kappa shape index (κ2) is 7.12. The first-order valence-corrected chi connectivity index (χ1v) is 5.25. The summed E-state index contributed by atoms with van der Waals surface area (Å²) in [6.07, 6.45) is 4.72. The molecule has 0 aliphatic carbocycles. The average molecular weight is 232 g/mol. The number of unbranched alkanes of at least 4 members (excludes halogenated alkanes) is 1. The summed E-state index contributed by atoms with van der Waals surface area (Å²) in [6.45, 7) is 2.56. The van der Waals surface area contributed by atoms with Crippen LogP contribution in [0.5, 0.6) is 5.75 Å². The third-order valence-corrected chi connectivity index (χ3v) is 2.06. The Balaban J connectivity index is 3.06. The van der Waals surface area contributed by atoms with Crippen LogP contribution in [0.2, 0.25) is 0 Å². The van der Waals surface area contributed by atoms with E-state index in [-0.39, 0.29) is 11.4 Å². The number of aliphatic imine (C=N–C) groups is 2. The van der Waals surface area contributed by atoms with E-state index < -0.39 is 0 Å². The number of ether oxygens (including phenoxy) is 1. The lowest BCUT2D eigenvalue weighted by Gasteiger charge is -2.08. The van der Waals surface area contributed by atoms with E-state index in [1.807, 2.05) is 6.92 Å². The van der Waals surface area contributed by atoms with Gasteiger partial charge in [-0.05, 0) is 18.6 Å². The molecule has 1 aromatic carbocycles. The quantitative estimate of drug-likeness (QED) is 0.430. The van der Waals surface area contributed by atoms with Gasteiger partial charge in [-0.3, -0.25) is 0 Å². The highest BCUT2D eigenvalue weighted by Gasteiger charge is 2.08. The maximum absolute atomic E-state index is 10.3. The van der Waals surface area contributed by atoms with Crippen LogP contribution in [0.15, 0.2) is 28.2 Å². The largest absolute Gasteiger partial charge is 0.491 e. The molecule has 0 radical (unpaired) electrons. The summed E-state index contributed by atoms with van der Waals surface area (Å²) in [4.78, 5) is 27.5. The first kappa shape index (κ1) is 12.8. The molecule has 0 atom stereocenters. The van der Waals surface area contributed by atoms with E-state index in [9.17, 15) is 9.59 Å². The molecule has 0 aliphatic heterocycles. The zero-order valence-electron chi connectivity index (χ0n) is 9.47. The van der Waals surface area contributed by atoms with Crippen molar-refractivity contribution in [3.8, 4) is 5.75 Å². The van der Waals surface area contributed by atoms with Gasteiger partial charge in [0.15, 0.2) is 0 Å².